The smallest absolute Gasteiger partial charge is 0.243 e. The third-order valence-electron chi connectivity index (χ3n) is 3.85. The summed E-state index contributed by atoms with van der Waals surface area (Å²) < 4.78 is 53.3. The Morgan fingerprint density at radius 1 is 1.29 bits per heavy atom. The molecule has 0 aromatic heterocycles. The lowest BCUT2D eigenvalue weighted by Crippen LogP contribution is -2.39. The monoisotopic (exact) mass is 322 g/mol. The Bertz CT molecular complexity index is 593. The first-order valence-electron chi connectivity index (χ1n) is 6.57. The maximum atomic E-state index is 13.8. The van der Waals surface area contributed by atoms with Crippen LogP contribution in [0, 0.1) is 17.0 Å². The largest absolute Gasteiger partial charge is 0.396 e. The van der Waals surface area contributed by atoms with Crippen LogP contribution in [0.4, 0.5) is 14.5 Å². The van der Waals surface area contributed by atoms with E-state index >= 15 is 0 Å². The summed E-state index contributed by atoms with van der Waals surface area (Å²) in [6.07, 6.45) is 1.10. The van der Waals surface area contributed by atoms with E-state index in [-0.39, 0.29) is 13.2 Å². The van der Waals surface area contributed by atoms with Gasteiger partial charge in [-0.3, -0.25) is 0 Å². The lowest BCUT2D eigenvalue weighted by atomic mass is 9.84. The fraction of sp³-hybridized carbons (Fsp3) is 0.538. The molecule has 0 spiro atoms. The number of nitrogen functional groups attached to an aromatic ring is 1. The maximum Gasteiger partial charge on any atom is 0.243 e. The number of hydrogen-bond donors (Lipinski definition) is 3. The van der Waals surface area contributed by atoms with Gasteiger partial charge in [0.05, 0.1) is 0 Å². The molecule has 1 rings (SSSR count). The number of benzene rings is 1. The van der Waals surface area contributed by atoms with Crippen LogP contribution in [0.5, 0.6) is 0 Å². The maximum absolute atomic E-state index is 13.8. The van der Waals surface area contributed by atoms with Gasteiger partial charge in [-0.2, -0.15) is 0 Å². The van der Waals surface area contributed by atoms with Gasteiger partial charge in [0.15, 0.2) is 5.82 Å². The highest BCUT2D eigenvalue weighted by Gasteiger charge is 2.29. The molecule has 0 aliphatic heterocycles. The van der Waals surface area contributed by atoms with E-state index in [0.29, 0.717) is 12.8 Å². The highest BCUT2D eigenvalue weighted by Crippen LogP contribution is 2.27. The predicted octanol–water partition coefficient (Wildman–Crippen LogP) is 1.62. The van der Waals surface area contributed by atoms with Gasteiger partial charge in [0, 0.05) is 18.6 Å². The number of halogens is 2. The average molecular weight is 322 g/mol. The fourth-order valence-corrected chi connectivity index (χ4v) is 3.11. The average Bonchev–Trinajstić information content (AvgIpc) is 2.46. The lowest BCUT2D eigenvalue weighted by Gasteiger charge is -2.29. The van der Waals surface area contributed by atoms with E-state index in [9.17, 15) is 22.3 Å². The van der Waals surface area contributed by atoms with E-state index in [0.717, 1.165) is 12.1 Å². The highest BCUT2D eigenvalue weighted by atomic mass is 32.2. The molecule has 1 aromatic rings. The second-order valence-electron chi connectivity index (χ2n) is 4.96. The minimum Gasteiger partial charge on any atom is -0.396 e. The molecule has 1 aromatic carbocycles. The summed E-state index contributed by atoms with van der Waals surface area (Å²) in [7, 11) is -4.18. The van der Waals surface area contributed by atoms with Crippen LogP contribution in [0.1, 0.15) is 26.7 Å². The summed E-state index contributed by atoms with van der Waals surface area (Å²) in [5, 5.41) is 9.40. The Kier molecular flexibility index (Phi) is 5.66. The van der Waals surface area contributed by atoms with Crippen LogP contribution in [0.2, 0.25) is 0 Å². The molecule has 0 atom stereocenters. The molecular formula is C13H20F2N2O3S. The number of aliphatic hydroxyl groups excluding tert-OH is 1. The van der Waals surface area contributed by atoms with Crippen LogP contribution in [-0.4, -0.2) is 26.7 Å². The van der Waals surface area contributed by atoms with E-state index < -0.39 is 37.7 Å². The van der Waals surface area contributed by atoms with Crippen LogP contribution < -0.4 is 10.5 Å². The third kappa shape index (κ3) is 3.69. The molecule has 8 heteroatoms. The van der Waals surface area contributed by atoms with Crippen molar-refractivity contribution in [2.45, 2.75) is 31.6 Å². The Labute approximate surface area is 123 Å². The molecule has 0 amide bonds. The molecule has 0 unspecified atom stereocenters. The molecule has 0 saturated heterocycles. The van der Waals surface area contributed by atoms with Crippen LogP contribution >= 0.6 is 0 Å². The number of sulfonamides is 1. The first kappa shape index (κ1) is 17.8. The highest BCUT2D eigenvalue weighted by molar-refractivity contribution is 7.89. The Hall–Kier alpha value is -1.25. The molecule has 21 heavy (non-hydrogen) atoms. The molecule has 0 saturated carbocycles. The zero-order valence-corrected chi connectivity index (χ0v) is 12.8. The Morgan fingerprint density at radius 2 is 1.86 bits per heavy atom. The zero-order valence-electron chi connectivity index (χ0n) is 12.0. The van der Waals surface area contributed by atoms with Gasteiger partial charge in [-0.25, -0.2) is 21.9 Å². The summed E-state index contributed by atoms with van der Waals surface area (Å²) in [5.41, 5.74) is 3.71. The molecular weight excluding hydrogens is 302 g/mol. The van der Waals surface area contributed by atoms with Gasteiger partial charge in [-0.05, 0) is 25.0 Å². The second kappa shape index (κ2) is 6.67. The van der Waals surface area contributed by atoms with Gasteiger partial charge in [0.25, 0.3) is 0 Å². The molecule has 0 aliphatic carbocycles. The Balaban J connectivity index is 3.06. The van der Waals surface area contributed by atoms with Crippen molar-refractivity contribution in [3.05, 3.63) is 23.8 Å². The summed E-state index contributed by atoms with van der Waals surface area (Å²) in [6, 6.07) is 1.62. The number of rotatable bonds is 7. The number of hydrogen-bond acceptors (Lipinski definition) is 4. The van der Waals surface area contributed by atoms with Crippen molar-refractivity contribution < 1.29 is 22.3 Å². The first-order chi connectivity index (χ1) is 9.73. The van der Waals surface area contributed by atoms with Crippen LogP contribution in [-0.2, 0) is 10.0 Å². The summed E-state index contributed by atoms with van der Waals surface area (Å²) in [5.74, 6) is -2.33. The minimum atomic E-state index is -4.18. The summed E-state index contributed by atoms with van der Waals surface area (Å²) in [6.45, 7) is 3.40. The number of nitrogens with one attached hydrogen (secondary N) is 1. The zero-order chi connectivity index (χ0) is 16.3. The van der Waals surface area contributed by atoms with Crippen molar-refractivity contribution in [2.24, 2.45) is 5.41 Å². The molecule has 120 valence electrons. The van der Waals surface area contributed by atoms with Crippen LogP contribution in [0.3, 0.4) is 0 Å². The van der Waals surface area contributed by atoms with Crippen molar-refractivity contribution in [3.8, 4) is 0 Å². The summed E-state index contributed by atoms with van der Waals surface area (Å²) >= 11 is 0. The van der Waals surface area contributed by atoms with Gasteiger partial charge in [-0.1, -0.05) is 13.8 Å². The van der Waals surface area contributed by atoms with Crippen molar-refractivity contribution in [1.82, 2.24) is 4.72 Å². The van der Waals surface area contributed by atoms with Crippen molar-refractivity contribution >= 4 is 15.7 Å². The predicted molar refractivity (Wildman–Crippen MR) is 76.1 cm³/mol. The third-order valence-corrected chi connectivity index (χ3v) is 5.27. The molecule has 0 aliphatic rings. The SMILES string of the molecule is CCC(CC)(CO)CNS(=O)(=O)c1ccc(F)c(N)c1F. The van der Waals surface area contributed by atoms with E-state index in [1.807, 2.05) is 13.8 Å². The standard InChI is InChI=1S/C13H20F2N2O3S/c1-3-13(4-2,8-18)7-17-21(19,20)10-6-5-9(14)12(16)11(10)15/h5-6,17-18H,3-4,7-8,16H2,1-2H3. The molecule has 0 heterocycles. The number of aliphatic hydroxyl groups is 1. The first-order valence-corrected chi connectivity index (χ1v) is 8.05. The number of nitrogens with two attached hydrogens (primary N) is 1. The number of anilines is 1. The fourth-order valence-electron chi connectivity index (χ4n) is 1.86. The molecule has 0 fully saturated rings. The van der Waals surface area contributed by atoms with Crippen molar-refractivity contribution in [2.75, 3.05) is 18.9 Å². The van der Waals surface area contributed by atoms with Crippen molar-refractivity contribution in [1.29, 1.82) is 0 Å². The van der Waals surface area contributed by atoms with Gasteiger partial charge in [0.1, 0.15) is 16.4 Å². The van der Waals surface area contributed by atoms with Crippen LogP contribution in [0.25, 0.3) is 0 Å². The quantitative estimate of drug-likeness (QED) is 0.665. The second-order valence-corrected chi connectivity index (χ2v) is 6.70. The van der Waals surface area contributed by atoms with Gasteiger partial charge in [-0.15, -0.1) is 0 Å². The minimum absolute atomic E-state index is 0.0461. The molecule has 4 N–H and O–H groups in total. The van der Waals surface area contributed by atoms with Gasteiger partial charge < -0.3 is 10.8 Å². The van der Waals surface area contributed by atoms with E-state index in [1.54, 1.807) is 0 Å². The molecule has 0 bridgehead atoms. The topological polar surface area (TPSA) is 92.4 Å². The van der Waals surface area contributed by atoms with Gasteiger partial charge in [0.2, 0.25) is 10.0 Å². The lowest BCUT2D eigenvalue weighted by molar-refractivity contribution is 0.119. The Morgan fingerprint density at radius 3 is 2.33 bits per heavy atom. The van der Waals surface area contributed by atoms with E-state index in [2.05, 4.69) is 4.72 Å². The van der Waals surface area contributed by atoms with Crippen LogP contribution in [0.15, 0.2) is 17.0 Å². The summed E-state index contributed by atoms with van der Waals surface area (Å²) in [4.78, 5) is -0.708. The van der Waals surface area contributed by atoms with Crippen molar-refractivity contribution in [3.63, 3.8) is 0 Å². The van der Waals surface area contributed by atoms with E-state index in [1.165, 1.54) is 0 Å². The molecule has 0 radical (unpaired) electrons. The van der Waals surface area contributed by atoms with Gasteiger partial charge >= 0.3 is 0 Å². The van der Waals surface area contributed by atoms with E-state index in [4.69, 9.17) is 5.73 Å². The normalized spacial score (nSPS) is 12.6. The molecule has 5 nitrogen and oxygen atoms in total.